The molecule has 0 saturated heterocycles. The molecule has 0 bridgehead atoms. The highest BCUT2D eigenvalue weighted by molar-refractivity contribution is 7.91. The lowest BCUT2D eigenvalue weighted by Gasteiger charge is -2.23. The van der Waals surface area contributed by atoms with Crippen LogP contribution in [0.15, 0.2) is 34.1 Å². The molecule has 2 rings (SSSR count). The molecule has 1 aromatic carbocycles. The minimum Gasteiger partial charge on any atom is -0.329 e. The van der Waals surface area contributed by atoms with E-state index < -0.39 is 19.9 Å². The van der Waals surface area contributed by atoms with Crippen molar-refractivity contribution in [3.63, 3.8) is 0 Å². The first-order valence-electron chi connectivity index (χ1n) is 7.85. The molecule has 0 heterocycles. The van der Waals surface area contributed by atoms with Crippen molar-refractivity contribution in [2.75, 3.05) is 12.3 Å². The first-order chi connectivity index (χ1) is 10.8. The van der Waals surface area contributed by atoms with Crippen LogP contribution in [0.25, 0.3) is 0 Å². The molecule has 1 unspecified atom stereocenters. The Balaban J connectivity index is 0.00000288. The van der Waals surface area contributed by atoms with Crippen LogP contribution >= 0.6 is 12.4 Å². The van der Waals surface area contributed by atoms with E-state index in [-0.39, 0.29) is 46.5 Å². The van der Waals surface area contributed by atoms with Crippen molar-refractivity contribution < 1.29 is 16.8 Å². The summed E-state index contributed by atoms with van der Waals surface area (Å²) < 4.78 is 51.6. The third kappa shape index (κ3) is 4.92. The van der Waals surface area contributed by atoms with Gasteiger partial charge in [0.25, 0.3) is 0 Å². The minimum absolute atomic E-state index is 0. The molecule has 1 aliphatic rings. The molecule has 0 aliphatic heterocycles. The fraction of sp³-hybridized carbons (Fsp3) is 0.600. The van der Waals surface area contributed by atoms with Gasteiger partial charge in [0.2, 0.25) is 10.0 Å². The Bertz CT molecular complexity index is 744. The van der Waals surface area contributed by atoms with Crippen molar-refractivity contribution in [2.45, 2.75) is 48.4 Å². The predicted octanol–water partition coefficient (Wildman–Crippen LogP) is 1.70. The Labute approximate surface area is 150 Å². The summed E-state index contributed by atoms with van der Waals surface area (Å²) in [6.07, 6.45) is 4.11. The van der Waals surface area contributed by atoms with Crippen molar-refractivity contribution in [1.29, 1.82) is 0 Å². The van der Waals surface area contributed by atoms with Gasteiger partial charge in [0.05, 0.1) is 15.5 Å². The monoisotopic (exact) mass is 396 g/mol. The highest BCUT2D eigenvalue weighted by Gasteiger charge is 2.28. The summed E-state index contributed by atoms with van der Waals surface area (Å²) in [5.41, 5.74) is 5.74. The fourth-order valence-electron chi connectivity index (χ4n) is 2.97. The summed E-state index contributed by atoms with van der Waals surface area (Å²) in [5.74, 6) is 0.176. The summed E-state index contributed by atoms with van der Waals surface area (Å²) in [6, 6.07) is 5.16. The van der Waals surface area contributed by atoms with Crippen LogP contribution in [0.1, 0.15) is 32.6 Å². The van der Waals surface area contributed by atoms with E-state index >= 15 is 0 Å². The standard InChI is InChI=1S/C15H24N2O4S2.ClH/c1-2-22(18,19)13-8-5-9-14(10-13)23(20,21)17-15(11-16)12-6-3-4-7-12;/h5,8-10,12,15,17H,2-4,6-7,11,16H2,1H3;1H. The van der Waals surface area contributed by atoms with Crippen LogP contribution in [0, 0.1) is 5.92 Å². The third-order valence-corrected chi connectivity index (χ3v) is 7.60. The van der Waals surface area contributed by atoms with E-state index in [1.165, 1.54) is 31.2 Å². The number of halogens is 1. The Hall–Kier alpha value is -0.670. The van der Waals surface area contributed by atoms with Crippen LogP contribution in [-0.4, -0.2) is 35.2 Å². The molecule has 0 aromatic heterocycles. The van der Waals surface area contributed by atoms with Gasteiger partial charge in [-0.1, -0.05) is 25.8 Å². The van der Waals surface area contributed by atoms with E-state index in [2.05, 4.69) is 4.72 Å². The van der Waals surface area contributed by atoms with Gasteiger partial charge in [-0.05, 0) is 37.0 Å². The number of nitrogens with two attached hydrogens (primary N) is 1. The lowest BCUT2D eigenvalue weighted by molar-refractivity contribution is 0.405. The Kier molecular flexibility index (Phi) is 7.68. The molecular weight excluding hydrogens is 372 g/mol. The molecule has 1 aromatic rings. The molecule has 0 amide bonds. The van der Waals surface area contributed by atoms with E-state index in [0.29, 0.717) is 0 Å². The van der Waals surface area contributed by atoms with Crippen molar-refractivity contribution in [2.24, 2.45) is 11.7 Å². The van der Waals surface area contributed by atoms with Crippen molar-refractivity contribution >= 4 is 32.3 Å². The fourth-order valence-corrected chi connectivity index (χ4v) is 5.33. The van der Waals surface area contributed by atoms with Crippen LogP contribution < -0.4 is 10.5 Å². The first kappa shape index (κ1) is 21.4. The van der Waals surface area contributed by atoms with Gasteiger partial charge in [0.15, 0.2) is 9.84 Å². The average Bonchev–Trinajstić information content (AvgIpc) is 3.07. The molecule has 1 atom stereocenters. The topological polar surface area (TPSA) is 106 Å². The van der Waals surface area contributed by atoms with Gasteiger partial charge in [-0.15, -0.1) is 12.4 Å². The molecule has 0 radical (unpaired) electrons. The zero-order valence-corrected chi connectivity index (χ0v) is 16.1. The summed E-state index contributed by atoms with van der Waals surface area (Å²) in [7, 11) is -7.24. The van der Waals surface area contributed by atoms with Gasteiger partial charge in [0, 0.05) is 12.6 Å². The number of nitrogens with one attached hydrogen (secondary N) is 1. The summed E-state index contributed by atoms with van der Waals surface area (Å²) in [6.45, 7) is 1.76. The van der Waals surface area contributed by atoms with Crippen LogP contribution in [0.5, 0.6) is 0 Å². The van der Waals surface area contributed by atoms with Gasteiger partial charge in [-0.25, -0.2) is 21.6 Å². The molecule has 1 fully saturated rings. The second kappa shape index (κ2) is 8.62. The summed E-state index contributed by atoms with van der Waals surface area (Å²) in [5, 5.41) is 0. The van der Waals surface area contributed by atoms with E-state index in [4.69, 9.17) is 5.73 Å². The van der Waals surface area contributed by atoms with E-state index in [9.17, 15) is 16.8 Å². The summed E-state index contributed by atoms with van der Waals surface area (Å²) >= 11 is 0. The SMILES string of the molecule is CCS(=O)(=O)c1cccc(S(=O)(=O)NC(CN)C2CCCC2)c1.Cl. The predicted molar refractivity (Wildman–Crippen MR) is 96.5 cm³/mol. The highest BCUT2D eigenvalue weighted by Crippen LogP contribution is 2.28. The van der Waals surface area contributed by atoms with Gasteiger partial charge in [-0.3, -0.25) is 0 Å². The van der Waals surface area contributed by atoms with Crippen LogP contribution in [0.3, 0.4) is 0 Å². The first-order valence-corrected chi connectivity index (χ1v) is 11.0. The Morgan fingerprint density at radius 1 is 1.17 bits per heavy atom. The number of hydrogen-bond acceptors (Lipinski definition) is 5. The van der Waals surface area contributed by atoms with Crippen molar-refractivity contribution in [3.8, 4) is 0 Å². The maximum atomic E-state index is 12.6. The lowest BCUT2D eigenvalue weighted by Crippen LogP contribution is -2.44. The number of sulfonamides is 1. The van der Waals surface area contributed by atoms with Gasteiger partial charge in [0.1, 0.15) is 0 Å². The quantitative estimate of drug-likeness (QED) is 0.729. The average molecular weight is 397 g/mol. The molecular formula is C15H25ClN2O4S2. The molecule has 138 valence electrons. The third-order valence-electron chi connectivity index (χ3n) is 4.38. The van der Waals surface area contributed by atoms with E-state index in [1.54, 1.807) is 0 Å². The van der Waals surface area contributed by atoms with Crippen molar-refractivity contribution in [1.82, 2.24) is 4.72 Å². The van der Waals surface area contributed by atoms with Crippen LogP contribution in [-0.2, 0) is 19.9 Å². The maximum absolute atomic E-state index is 12.6. The van der Waals surface area contributed by atoms with Crippen molar-refractivity contribution in [3.05, 3.63) is 24.3 Å². The second-order valence-electron chi connectivity index (χ2n) is 5.89. The molecule has 24 heavy (non-hydrogen) atoms. The molecule has 0 spiro atoms. The smallest absolute Gasteiger partial charge is 0.240 e. The molecule has 1 saturated carbocycles. The van der Waals surface area contributed by atoms with Crippen LogP contribution in [0.4, 0.5) is 0 Å². The van der Waals surface area contributed by atoms with Gasteiger partial charge in [-0.2, -0.15) is 0 Å². The minimum atomic E-state index is -3.79. The zero-order valence-electron chi connectivity index (χ0n) is 13.6. The van der Waals surface area contributed by atoms with Gasteiger partial charge >= 0.3 is 0 Å². The molecule has 3 N–H and O–H groups in total. The Morgan fingerprint density at radius 3 is 2.29 bits per heavy atom. The summed E-state index contributed by atoms with van der Waals surface area (Å²) in [4.78, 5) is -0.0171. The normalized spacial score (nSPS) is 17.4. The van der Waals surface area contributed by atoms with Gasteiger partial charge < -0.3 is 5.73 Å². The number of rotatable bonds is 7. The van der Waals surface area contributed by atoms with E-state index in [1.807, 2.05) is 0 Å². The largest absolute Gasteiger partial charge is 0.329 e. The molecule has 1 aliphatic carbocycles. The number of benzene rings is 1. The zero-order chi connectivity index (χ0) is 17.1. The van der Waals surface area contributed by atoms with E-state index in [0.717, 1.165) is 25.7 Å². The molecule has 6 nitrogen and oxygen atoms in total. The number of hydrogen-bond donors (Lipinski definition) is 2. The maximum Gasteiger partial charge on any atom is 0.240 e. The number of sulfone groups is 1. The molecule has 9 heteroatoms. The highest BCUT2D eigenvalue weighted by atomic mass is 35.5. The Morgan fingerprint density at radius 2 is 1.75 bits per heavy atom. The van der Waals surface area contributed by atoms with Crippen LogP contribution in [0.2, 0.25) is 0 Å². The lowest BCUT2D eigenvalue weighted by atomic mass is 9.99. The second-order valence-corrected chi connectivity index (χ2v) is 9.88.